The van der Waals surface area contributed by atoms with Crippen LogP contribution in [0.4, 0.5) is 5.69 Å². The van der Waals surface area contributed by atoms with Crippen molar-refractivity contribution in [3.05, 3.63) is 71.8 Å². The smallest absolute Gasteiger partial charge is 0.124 e. The molecular formula is C19H17NO. The van der Waals surface area contributed by atoms with Crippen molar-refractivity contribution in [1.82, 2.24) is 0 Å². The molecule has 0 fully saturated rings. The Morgan fingerprint density at radius 2 is 1.71 bits per heavy atom. The lowest BCUT2D eigenvalue weighted by molar-refractivity contribution is 0.475. The molecule has 3 aromatic carbocycles. The van der Waals surface area contributed by atoms with E-state index in [1.54, 1.807) is 12.3 Å². The summed E-state index contributed by atoms with van der Waals surface area (Å²) < 4.78 is 0. The number of benzene rings is 3. The van der Waals surface area contributed by atoms with Gasteiger partial charge in [0.25, 0.3) is 0 Å². The molecule has 0 saturated carbocycles. The second-order valence-electron chi connectivity index (χ2n) is 5.00. The van der Waals surface area contributed by atoms with Crippen LogP contribution in [0.25, 0.3) is 10.8 Å². The highest BCUT2D eigenvalue weighted by molar-refractivity contribution is 6.02. The van der Waals surface area contributed by atoms with Crippen molar-refractivity contribution < 1.29 is 5.11 Å². The fourth-order valence-corrected chi connectivity index (χ4v) is 2.38. The van der Waals surface area contributed by atoms with Crippen LogP contribution in [0.2, 0.25) is 0 Å². The summed E-state index contributed by atoms with van der Waals surface area (Å²) in [5.74, 6) is 0.252. The Morgan fingerprint density at radius 3 is 2.48 bits per heavy atom. The number of rotatable bonds is 3. The van der Waals surface area contributed by atoms with E-state index in [2.05, 4.69) is 24.0 Å². The Morgan fingerprint density at radius 1 is 0.952 bits per heavy atom. The first kappa shape index (κ1) is 13.4. The fraction of sp³-hybridized carbons (Fsp3) is 0.105. The molecule has 0 aromatic heterocycles. The summed E-state index contributed by atoms with van der Waals surface area (Å²) in [5.41, 5.74) is 2.94. The molecule has 3 rings (SSSR count). The zero-order valence-electron chi connectivity index (χ0n) is 12.0. The molecule has 1 N–H and O–H groups in total. The van der Waals surface area contributed by atoms with Gasteiger partial charge in [-0.25, -0.2) is 0 Å². The van der Waals surface area contributed by atoms with Gasteiger partial charge in [0.15, 0.2) is 0 Å². The Labute approximate surface area is 124 Å². The van der Waals surface area contributed by atoms with E-state index in [1.807, 2.05) is 42.5 Å². The zero-order valence-corrected chi connectivity index (χ0v) is 12.0. The van der Waals surface area contributed by atoms with E-state index in [1.165, 1.54) is 5.56 Å². The summed E-state index contributed by atoms with van der Waals surface area (Å²) >= 11 is 0. The van der Waals surface area contributed by atoms with Gasteiger partial charge in [0.05, 0.1) is 5.69 Å². The van der Waals surface area contributed by atoms with Gasteiger partial charge in [0.2, 0.25) is 0 Å². The molecule has 0 saturated heterocycles. The van der Waals surface area contributed by atoms with E-state index in [0.29, 0.717) is 0 Å². The van der Waals surface area contributed by atoms with Crippen molar-refractivity contribution in [2.24, 2.45) is 4.99 Å². The molecule has 0 aliphatic carbocycles. The number of aryl methyl sites for hydroxylation is 1. The number of hydrogen-bond acceptors (Lipinski definition) is 2. The van der Waals surface area contributed by atoms with Gasteiger partial charge in [-0.1, -0.05) is 49.4 Å². The normalized spacial score (nSPS) is 11.3. The predicted octanol–water partition coefficient (Wildman–Crippen LogP) is 4.86. The van der Waals surface area contributed by atoms with Gasteiger partial charge in [-0.15, -0.1) is 0 Å². The maximum absolute atomic E-state index is 10.1. The Hall–Kier alpha value is -2.61. The van der Waals surface area contributed by atoms with Gasteiger partial charge in [-0.2, -0.15) is 0 Å². The molecule has 2 nitrogen and oxygen atoms in total. The molecule has 0 aliphatic rings. The zero-order chi connectivity index (χ0) is 14.7. The molecule has 21 heavy (non-hydrogen) atoms. The molecule has 0 heterocycles. The van der Waals surface area contributed by atoms with Crippen molar-refractivity contribution in [2.75, 3.05) is 0 Å². The first-order valence-electron chi connectivity index (χ1n) is 7.11. The number of aromatic hydroxyl groups is 1. The van der Waals surface area contributed by atoms with Crippen molar-refractivity contribution >= 4 is 22.7 Å². The van der Waals surface area contributed by atoms with Crippen molar-refractivity contribution in [1.29, 1.82) is 0 Å². The lowest BCUT2D eigenvalue weighted by Gasteiger charge is -2.04. The van der Waals surface area contributed by atoms with Crippen LogP contribution in [0.15, 0.2) is 65.7 Å². The van der Waals surface area contributed by atoms with Gasteiger partial charge in [0.1, 0.15) is 5.75 Å². The third kappa shape index (κ3) is 2.79. The first-order valence-corrected chi connectivity index (χ1v) is 7.11. The number of phenols is 1. The molecule has 104 valence electrons. The second-order valence-corrected chi connectivity index (χ2v) is 5.00. The molecule has 0 aliphatic heterocycles. The molecule has 2 heteroatoms. The highest BCUT2D eigenvalue weighted by atomic mass is 16.3. The SMILES string of the molecule is CCc1ccc(N=Cc2c(O)ccc3ccccc23)cc1. The monoisotopic (exact) mass is 275 g/mol. The minimum absolute atomic E-state index is 0.252. The van der Waals surface area contributed by atoms with Crippen LogP contribution in [0.5, 0.6) is 5.75 Å². The average molecular weight is 275 g/mol. The fourth-order valence-electron chi connectivity index (χ4n) is 2.38. The highest BCUT2D eigenvalue weighted by Gasteiger charge is 2.04. The van der Waals surface area contributed by atoms with E-state index >= 15 is 0 Å². The van der Waals surface area contributed by atoms with Crippen LogP contribution in [0, 0.1) is 0 Å². The Bertz CT molecular complexity index is 788. The molecule has 0 radical (unpaired) electrons. The number of fused-ring (bicyclic) bond motifs is 1. The number of hydrogen-bond donors (Lipinski definition) is 1. The van der Waals surface area contributed by atoms with Gasteiger partial charge in [-0.3, -0.25) is 4.99 Å². The average Bonchev–Trinajstić information content (AvgIpc) is 2.54. The lowest BCUT2D eigenvalue weighted by atomic mass is 10.0. The van der Waals surface area contributed by atoms with Crippen molar-refractivity contribution in [3.8, 4) is 5.75 Å². The minimum Gasteiger partial charge on any atom is -0.507 e. The van der Waals surface area contributed by atoms with E-state index in [0.717, 1.165) is 28.4 Å². The van der Waals surface area contributed by atoms with Crippen LogP contribution >= 0.6 is 0 Å². The van der Waals surface area contributed by atoms with Crippen molar-refractivity contribution in [2.45, 2.75) is 13.3 Å². The Kier molecular flexibility index (Phi) is 3.69. The van der Waals surface area contributed by atoms with Gasteiger partial charge in [0, 0.05) is 11.8 Å². The van der Waals surface area contributed by atoms with Crippen LogP contribution < -0.4 is 0 Å². The third-order valence-electron chi connectivity index (χ3n) is 3.63. The predicted molar refractivity (Wildman–Crippen MR) is 88.7 cm³/mol. The van der Waals surface area contributed by atoms with E-state index in [-0.39, 0.29) is 5.75 Å². The van der Waals surface area contributed by atoms with Crippen LogP contribution in [0.3, 0.4) is 0 Å². The summed E-state index contributed by atoms with van der Waals surface area (Å²) in [5, 5.41) is 12.2. The van der Waals surface area contributed by atoms with E-state index in [9.17, 15) is 5.11 Å². The largest absolute Gasteiger partial charge is 0.507 e. The summed E-state index contributed by atoms with van der Waals surface area (Å²) in [6.45, 7) is 2.13. The first-order chi connectivity index (χ1) is 10.3. The minimum atomic E-state index is 0.252. The molecular weight excluding hydrogens is 258 g/mol. The van der Waals surface area contributed by atoms with E-state index < -0.39 is 0 Å². The van der Waals surface area contributed by atoms with Crippen LogP contribution in [0.1, 0.15) is 18.1 Å². The van der Waals surface area contributed by atoms with Crippen LogP contribution in [-0.2, 0) is 6.42 Å². The number of phenolic OH excluding ortho intramolecular Hbond substituents is 1. The van der Waals surface area contributed by atoms with Crippen LogP contribution in [-0.4, -0.2) is 11.3 Å². The summed E-state index contributed by atoms with van der Waals surface area (Å²) in [6, 6.07) is 19.8. The van der Waals surface area contributed by atoms with Gasteiger partial charge in [-0.05, 0) is 41.0 Å². The second kappa shape index (κ2) is 5.80. The maximum atomic E-state index is 10.1. The molecule has 0 amide bonds. The molecule has 0 bridgehead atoms. The maximum Gasteiger partial charge on any atom is 0.124 e. The van der Waals surface area contributed by atoms with Gasteiger partial charge < -0.3 is 5.11 Å². The third-order valence-corrected chi connectivity index (χ3v) is 3.63. The molecule has 3 aromatic rings. The molecule has 0 spiro atoms. The summed E-state index contributed by atoms with van der Waals surface area (Å²) in [6.07, 6.45) is 2.76. The van der Waals surface area contributed by atoms with Gasteiger partial charge >= 0.3 is 0 Å². The molecule has 0 atom stereocenters. The summed E-state index contributed by atoms with van der Waals surface area (Å²) in [7, 11) is 0. The summed E-state index contributed by atoms with van der Waals surface area (Å²) in [4.78, 5) is 4.48. The quantitative estimate of drug-likeness (QED) is 0.680. The van der Waals surface area contributed by atoms with Crippen molar-refractivity contribution in [3.63, 3.8) is 0 Å². The number of nitrogens with zero attached hydrogens (tertiary/aromatic N) is 1. The molecule has 0 unspecified atom stereocenters. The Balaban J connectivity index is 2.00. The standard InChI is InChI=1S/C19H17NO/c1-2-14-7-10-16(11-8-14)20-13-18-17-6-4-3-5-15(17)9-12-19(18)21/h3-13,21H,2H2,1H3. The topological polar surface area (TPSA) is 32.6 Å². The lowest BCUT2D eigenvalue weighted by Crippen LogP contribution is -1.86. The highest BCUT2D eigenvalue weighted by Crippen LogP contribution is 2.26. The number of aliphatic imine (C=N–C) groups is 1. The van der Waals surface area contributed by atoms with E-state index in [4.69, 9.17) is 0 Å².